The van der Waals surface area contributed by atoms with Crippen LogP contribution in [-0.4, -0.2) is 19.0 Å². The number of carbonyl (C=O) groups is 2. The molecule has 4 nitrogen and oxygen atoms in total. The summed E-state index contributed by atoms with van der Waals surface area (Å²) in [5, 5.41) is 3.39. The van der Waals surface area contributed by atoms with Crippen molar-refractivity contribution in [1.82, 2.24) is 0 Å². The molecule has 0 bridgehead atoms. The molecule has 0 heterocycles. The average Bonchev–Trinajstić information content (AvgIpc) is 2.50. The van der Waals surface area contributed by atoms with Crippen molar-refractivity contribution in [3.05, 3.63) is 64.2 Å². The van der Waals surface area contributed by atoms with Crippen molar-refractivity contribution in [2.75, 3.05) is 12.4 Å². The van der Waals surface area contributed by atoms with Gasteiger partial charge in [0.15, 0.2) is 0 Å². The first-order valence-corrected chi connectivity index (χ1v) is 7.11. The minimum Gasteiger partial charge on any atom is -0.465 e. The number of esters is 1. The molecule has 0 fully saturated rings. The van der Waals surface area contributed by atoms with E-state index in [2.05, 4.69) is 10.1 Å². The Balaban J connectivity index is 2.09. The molecule has 0 unspecified atom stereocenters. The van der Waals surface area contributed by atoms with Crippen LogP contribution in [0.25, 0.3) is 0 Å². The van der Waals surface area contributed by atoms with Crippen molar-refractivity contribution in [3.63, 3.8) is 0 Å². The van der Waals surface area contributed by atoms with Gasteiger partial charge in [0.1, 0.15) is 0 Å². The van der Waals surface area contributed by atoms with Gasteiger partial charge in [0.05, 0.1) is 19.1 Å². The van der Waals surface area contributed by atoms with E-state index >= 15 is 0 Å². The lowest BCUT2D eigenvalue weighted by Crippen LogP contribution is -2.15. The predicted molar refractivity (Wildman–Crippen MR) is 86.3 cm³/mol. The van der Waals surface area contributed by atoms with Crippen LogP contribution in [0.15, 0.2) is 42.5 Å². The van der Waals surface area contributed by atoms with Crippen LogP contribution in [0.2, 0.25) is 5.02 Å². The van der Waals surface area contributed by atoms with E-state index in [1.54, 1.807) is 24.3 Å². The number of halogens is 1. The largest absolute Gasteiger partial charge is 0.465 e. The van der Waals surface area contributed by atoms with E-state index in [0.29, 0.717) is 16.3 Å². The van der Waals surface area contributed by atoms with Crippen molar-refractivity contribution >= 4 is 29.2 Å². The Morgan fingerprint density at radius 3 is 2.55 bits per heavy atom. The molecular formula is C17H16ClNO3. The van der Waals surface area contributed by atoms with Gasteiger partial charge < -0.3 is 10.1 Å². The highest BCUT2D eigenvalue weighted by molar-refractivity contribution is 6.31. The SMILES string of the molecule is COC(=O)c1ccc(NC(=O)Cc2ccccc2Cl)c(C)c1. The van der Waals surface area contributed by atoms with Gasteiger partial charge in [0, 0.05) is 10.7 Å². The van der Waals surface area contributed by atoms with E-state index in [-0.39, 0.29) is 12.3 Å². The fraction of sp³-hybridized carbons (Fsp3) is 0.176. The number of hydrogen-bond donors (Lipinski definition) is 1. The molecule has 0 saturated carbocycles. The van der Waals surface area contributed by atoms with Gasteiger partial charge in [-0.1, -0.05) is 29.8 Å². The minimum atomic E-state index is -0.406. The van der Waals surface area contributed by atoms with Crippen LogP contribution in [0.3, 0.4) is 0 Å². The number of amides is 1. The third-order valence-corrected chi connectivity index (χ3v) is 3.60. The Morgan fingerprint density at radius 1 is 1.18 bits per heavy atom. The number of nitrogens with one attached hydrogen (secondary N) is 1. The highest BCUT2D eigenvalue weighted by atomic mass is 35.5. The molecule has 0 radical (unpaired) electrons. The third kappa shape index (κ3) is 3.86. The van der Waals surface area contributed by atoms with E-state index in [9.17, 15) is 9.59 Å². The van der Waals surface area contributed by atoms with Crippen LogP contribution in [0.4, 0.5) is 5.69 Å². The average molecular weight is 318 g/mol. The predicted octanol–water partition coefficient (Wildman–Crippen LogP) is 3.62. The van der Waals surface area contributed by atoms with Crippen LogP contribution in [0.5, 0.6) is 0 Å². The summed E-state index contributed by atoms with van der Waals surface area (Å²) < 4.78 is 4.66. The molecule has 22 heavy (non-hydrogen) atoms. The third-order valence-electron chi connectivity index (χ3n) is 3.23. The number of aryl methyl sites for hydroxylation is 1. The summed E-state index contributed by atoms with van der Waals surface area (Å²) >= 11 is 6.04. The molecule has 0 aliphatic carbocycles. The maximum absolute atomic E-state index is 12.1. The number of carbonyl (C=O) groups excluding carboxylic acids is 2. The topological polar surface area (TPSA) is 55.4 Å². The first-order valence-electron chi connectivity index (χ1n) is 6.73. The zero-order valence-electron chi connectivity index (χ0n) is 12.4. The van der Waals surface area contributed by atoms with Crippen LogP contribution in [0.1, 0.15) is 21.5 Å². The number of ether oxygens (including phenoxy) is 1. The molecule has 2 rings (SSSR count). The highest BCUT2D eigenvalue weighted by Gasteiger charge is 2.11. The second-order valence-corrected chi connectivity index (χ2v) is 5.24. The standard InChI is InChI=1S/C17H16ClNO3/c1-11-9-13(17(21)22-2)7-8-15(11)19-16(20)10-12-5-3-4-6-14(12)18/h3-9H,10H2,1-2H3,(H,19,20). The first-order chi connectivity index (χ1) is 10.5. The Morgan fingerprint density at radius 2 is 1.91 bits per heavy atom. The summed E-state index contributed by atoms with van der Waals surface area (Å²) in [5.74, 6) is -0.570. The van der Waals surface area contributed by atoms with E-state index in [1.807, 2.05) is 25.1 Å². The molecule has 0 aromatic heterocycles. The molecular weight excluding hydrogens is 302 g/mol. The minimum absolute atomic E-state index is 0.165. The van der Waals surface area contributed by atoms with E-state index < -0.39 is 5.97 Å². The molecule has 0 saturated heterocycles. The Kier molecular flexibility index (Phi) is 5.17. The quantitative estimate of drug-likeness (QED) is 0.876. The second-order valence-electron chi connectivity index (χ2n) is 4.84. The summed E-state index contributed by atoms with van der Waals surface area (Å²) in [6.07, 6.45) is 0.192. The Labute approximate surface area is 134 Å². The van der Waals surface area contributed by atoms with Crippen molar-refractivity contribution in [2.24, 2.45) is 0 Å². The Bertz CT molecular complexity index is 713. The summed E-state index contributed by atoms with van der Waals surface area (Å²) in [6.45, 7) is 1.82. The van der Waals surface area contributed by atoms with Crippen molar-refractivity contribution in [2.45, 2.75) is 13.3 Å². The van der Waals surface area contributed by atoms with Crippen molar-refractivity contribution < 1.29 is 14.3 Å². The van der Waals surface area contributed by atoms with Crippen LogP contribution < -0.4 is 5.32 Å². The molecule has 0 aliphatic rings. The molecule has 0 aliphatic heterocycles. The number of rotatable bonds is 4. The molecule has 1 amide bonds. The second kappa shape index (κ2) is 7.09. The fourth-order valence-electron chi connectivity index (χ4n) is 2.06. The summed E-state index contributed by atoms with van der Waals surface area (Å²) in [7, 11) is 1.33. The maximum atomic E-state index is 12.1. The van der Waals surface area contributed by atoms with Gasteiger partial charge >= 0.3 is 5.97 Å². The van der Waals surface area contributed by atoms with Crippen LogP contribution >= 0.6 is 11.6 Å². The van der Waals surface area contributed by atoms with Gasteiger partial charge in [-0.05, 0) is 42.3 Å². The molecule has 0 spiro atoms. The molecule has 114 valence electrons. The van der Waals surface area contributed by atoms with Gasteiger partial charge in [-0.15, -0.1) is 0 Å². The molecule has 2 aromatic carbocycles. The zero-order chi connectivity index (χ0) is 16.1. The van der Waals surface area contributed by atoms with Gasteiger partial charge in [0.25, 0.3) is 0 Å². The zero-order valence-corrected chi connectivity index (χ0v) is 13.1. The van der Waals surface area contributed by atoms with Crippen LogP contribution in [-0.2, 0) is 16.0 Å². The normalized spacial score (nSPS) is 10.1. The van der Waals surface area contributed by atoms with Gasteiger partial charge in [-0.2, -0.15) is 0 Å². The summed E-state index contributed by atoms with van der Waals surface area (Å²) in [4.78, 5) is 23.6. The first kappa shape index (κ1) is 16.0. The van der Waals surface area contributed by atoms with Gasteiger partial charge in [-0.25, -0.2) is 4.79 Å². The number of benzene rings is 2. The van der Waals surface area contributed by atoms with Crippen molar-refractivity contribution in [1.29, 1.82) is 0 Å². The summed E-state index contributed by atoms with van der Waals surface area (Å²) in [6, 6.07) is 12.2. The smallest absolute Gasteiger partial charge is 0.337 e. The molecule has 1 N–H and O–H groups in total. The molecule has 2 aromatic rings. The number of methoxy groups -OCH3 is 1. The number of hydrogen-bond acceptors (Lipinski definition) is 3. The van der Waals surface area contributed by atoms with Crippen LogP contribution in [0, 0.1) is 6.92 Å². The van der Waals surface area contributed by atoms with Crippen molar-refractivity contribution in [3.8, 4) is 0 Å². The molecule has 5 heteroatoms. The highest BCUT2D eigenvalue weighted by Crippen LogP contribution is 2.19. The lowest BCUT2D eigenvalue weighted by Gasteiger charge is -2.10. The monoisotopic (exact) mass is 317 g/mol. The lowest BCUT2D eigenvalue weighted by molar-refractivity contribution is -0.115. The Hall–Kier alpha value is -2.33. The van der Waals surface area contributed by atoms with Gasteiger partial charge in [-0.3, -0.25) is 4.79 Å². The number of anilines is 1. The fourth-order valence-corrected chi connectivity index (χ4v) is 2.26. The molecule has 0 atom stereocenters. The van der Waals surface area contributed by atoms with E-state index in [4.69, 9.17) is 11.6 Å². The van der Waals surface area contributed by atoms with E-state index in [1.165, 1.54) is 7.11 Å². The lowest BCUT2D eigenvalue weighted by atomic mass is 10.1. The van der Waals surface area contributed by atoms with E-state index in [0.717, 1.165) is 11.1 Å². The maximum Gasteiger partial charge on any atom is 0.337 e. The van der Waals surface area contributed by atoms with Gasteiger partial charge in [0.2, 0.25) is 5.91 Å². The summed E-state index contributed by atoms with van der Waals surface area (Å²) in [5.41, 5.74) is 2.66.